The van der Waals surface area contributed by atoms with Gasteiger partial charge in [0.1, 0.15) is 0 Å². The van der Waals surface area contributed by atoms with Crippen LogP contribution in [0.1, 0.15) is 30.0 Å². The van der Waals surface area contributed by atoms with E-state index in [1.54, 1.807) is 0 Å². The summed E-state index contributed by atoms with van der Waals surface area (Å²) in [6.45, 7) is 7.65. The fraction of sp³-hybridized carbons (Fsp3) is 0.389. The van der Waals surface area contributed by atoms with E-state index in [0.29, 0.717) is 6.54 Å². The highest BCUT2D eigenvalue weighted by Crippen LogP contribution is 2.23. The maximum absolute atomic E-state index is 12.6. The molecule has 0 amide bonds. The second kappa shape index (κ2) is 6.72. The summed E-state index contributed by atoms with van der Waals surface area (Å²) in [4.78, 5) is 12.6. The molecule has 0 aliphatic rings. The lowest BCUT2D eigenvalue weighted by Gasteiger charge is -2.16. The average molecular weight is 284 g/mol. The number of hydrogen-bond donors (Lipinski definition) is 1. The van der Waals surface area contributed by atoms with Crippen LogP contribution in [0.15, 0.2) is 35.1 Å². The van der Waals surface area contributed by atoms with Crippen LogP contribution in [0.5, 0.6) is 0 Å². The maximum Gasteiger partial charge on any atom is 0.255 e. The van der Waals surface area contributed by atoms with Gasteiger partial charge in [-0.25, -0.2) is 0 Å². The fourth-order valence-electron chi connectivity index (χ4n) is 2.73. The van der Waals surface area contributed by atoms with Crippen molar-refractivity contribution in [2.24, 2.45) is 0 Å². The molecule has 2 rings (SSSR count). The Kier molecular flexibility index (Phi) is 4.97. The Morgan fingerprint density at radius 3 is 2.52 bits per heavy atom. The van der Waals surface area contributed by atoms with E-state index in [9.17, 15) is 4.79 Å². The molecule has 1 N–H and O–H groups in total. The van der Waals surface area contributed by atoms with Gasteiger partial charge in [-0.1, -0.05) is 36.8 Å². The number of pyridine rings is 1. The Hall–Kier alpha value is -1.87. The molecule has 0 aliphatic heterocycles. The van der Waals surface area contributed by atoms with E-state index in [4.69, 9.17) is 0 Å². The van der Waals surface area contributed by atoms with E-state index >= 15 is 0 Å². The summed E-state index contributed by atoms with van der Waals surface area (Å²) >= 11 is 0. The van der Waals surface area contributed by atoms with Crippen LogP contribution in [0.3, 0.4) is 0 Å². The van der Waals surface area contributed by atoms with Gasteiger partial charge in [0.15, 0.2) is 0 Å². The molecule has 3 nitrogen and oxygen atoms in total. The largest absolute Gasteiger partial charge is 0.315 e. The molecule has 0 spiro atoms. The van der Waals surface area contributed by atoms with Gasteiger partial charge in [0, 0.05) is 24.2 Å². The molecule has 21 heavy (non-hydrogen) atoms. The topological polar surface area (TPSA) is 34.0 Å². The van der Waals surface area contributed by atoms with Crippen molar-refractivity contribution in [1.29, 1.82) is 0 Å². The molecule has 112 valence electrons. The van der Waals surface area contributed by atoms with Crippen LogP contribution >= 0.6 is 0 Å². The first kappa shape index (κ1) is 15.5. The Balaban J connectivity index is 2.62. The van der Waals surface area contributed by atoms with Crippen LogP contribution in [-0.2, 0) is 13.1 Å². The summed E-state index contributed by atoms with van der Waals surface area (Å²) in [6, 6.07) is 10.4. The van der Waals surface area contributed by atoms with Gasteiger partial charge in [0.05, 0.1) is 5.69 Å². The van der Waals surface area contributed by atoms with Crippen LogP contribution in [0.2, 0.25) is 0 Å². The molecule has 0 saturated heterocycles. The van der Waals surface area contributed by atoms with Gasteiger partial charge in [-0.15, -0.1) is 0 Å². The highest BCUT2D eigenvalue weighted by molar-refractivity contribution is 5.64. The number of nitrogens with one attached hydrogen (secondary N) is 1. The van der Waals surface area contributed by atoms with Crippen molar-refractivity contribution in [3.63, 3.8) is 0 Å². The minimum absolute atomic E-state index is 0.115. The summed E-state index contributed by atoms with van der Waals surface area (Å²) in [7, 11) is 1.86. The van der Waals surface area contributed by atoms with Crippen molar-refractivity contribution < 1.29 is 0 Å². The molecule has 3 heteroatoms. The lowest BCUT2D eigenvalue weighted by molar-refractivity contribution is 0.647. The summed E-state index contributed by atoms with van der Waals surface area (Å²) in [6.07, 6.45) is 0.945. The van der Waals surface area contributed by atoms with Crippen LogP contribution < -0.4 is 10.9 Å². The molecule has 0 saturated carbocycles. The van der Waals surface area contributed by atoms with E-state index in [-0.39, 0.29) is 5.56 Å². The normalized spacial score (nSPS) is 10.9. The maximum atomic E-state index is 12.6. The smallest absolute Gasteiger partial charge is 0.255 e. The van der Waals surface area contributed by atoms with Crippen molar-refractivity contribution in [3.8, 4) is 11.3 Å². The van der Waals surface area contributed by atoms with Crippen molar-refractivity contribution >= 4 is 0 Å². The summed E-state index contributed by atoms with van der Waals surface area (Å²) < 4.78 is 1.91. The van der Waals surface area contributed by atoms with E-state index in [2.05, 4.69) is 50.4 Å². The van der Waals surface area contributed by atoms with Crippen LogP contribution in [0.25, 0.3) is 11.3 Å². The zero-order valence-electron chi connectivity index (χ0n) is 13.4. The predicted octanol–water partition coefficient (Wildman–Crippen LogP) is 3.26. The minimum Gasteiger partial charge on any atom is -0.315 e. The lowest BCUT2D eigenvalue weighted by Crippen LogP contribution is -2.27. The van der Waals surface area contributed by atoms with E-state index < -0.39 is 0 Å². The summed E-state index contributed by atoms with van der Waals surface area (Å²) in [5.41, 5.74) is 5.54. The molecule has 2 aromatic rings. The highest BCUT2D eigenvalue weighted by atomic mass is 16.1. The molecule has 0 atom stereocenters. The second-order valence-corrected chi connectivity index (χ2v) is 5.55. The highest BCUT2D eigenvalue weighted by Gasteiger charge is 2.11. The zero-order chi connectivity index (χ0) is 15.4. The third-order valence-electron chi connectivity index (χ3n) is 3.73. The molecule has 0 fully saturated rings. The molecular weight excluding hydrogens is 260 g/mol. The SMILES string of the molecule is CCCn1c(-c2ccc(C)cc2C)ccc(CNC)c1=O. The number of aryl methyl sites for hydroxylation is 2. The number of benzene rings is 1. The second-order valence-electron chi connectivity index (χ2n) is 5.55. The van der Waals surface area contributed by atoms with Gasteiger partial charge in [0.2, 0.25) is 0 Å². The Morgan fingerprint density at radius 1 is 1.14 bits per heavy atom. The summed E-state index contributed by atoms with van der Waals surface area (Å²) in [5.74, 6) is 0. The van der Waals surface area contributed by atoms with Crippen molar-refractivity contribution in [2.45, 2.75) is 40.3 Å². The first-order chi connectivity index (χ1) is 10.1. The minimum atomic E-state index is 0.115. The molecular formula is C18H24N2O. The molecule has 0 unspecified atom stereocenters. The Labute approximate surface area is 126 Å². The number of rotatable bonds is 5. The molecule has 0 radical (unpaired) electrons. The molecule has 0 aliphatic carbocycles. The van der Waals surface area contributed by atoms with Gasteiger partial charge in [0.25, 0.3) is 5.56 Å². The van der Waals surface area contributed by atoms with Crippen LogP contribution in [0, 0.1) is 13.8 Å². The van der Waals surface area contributed by atoms with Crippen molar-refractivity contribution in [1.82, 2.24) is 9.88 Å². The number of hydrogen-bond acceptors (Lipinski definition) is 2. The number of aromatic nitrogens is 1. The molecule has 1 heterocycles. The van der Waals surface area contributed by atoms with Crippen LogP contribution in [0.4, 0.5) is 0 Å². The third-order valence-corrected chi connectivity index (χ3v) is 3.73. The molecule has 1 aromatic heterocycles. The predicted molar refractivity (Wildman–Crippen MR) is 88.7 cm³/mol. The lowest BCUT2D eigenvalue weighted by atomic mass is 10.0. The molecule has 1 aromatic carbocycles. The van der Waals surface area contributed by atoms with Gasteiger partial charge in [-0.2, -0.15) is 0 Å². The average Bonchev–Trinajstić information content (AvgIpc) is 2.44. The van der Waals surface area contributed by atoms with Gasteiger partial charge < -0.3 is 9.88 Å². The van der Waals surface area contributed by atoms with E-state index in [1.165, 1.54) is 11.1 Å². The standard InChI is InChI=1S/C18H24N2O/c1-5-10-20-17(9-7-15(12-19-4)18(20)21)16-8-6-13(2)11-14(16)3/h6-9,11,19H,5,10,12H2,1-4H3. The Morgan fingerprint density at radius 2 is 1.90 bits per heavy atom. The van der Waals surface area contributed by atoms with E-state index in [0.717, 1.165) is 29.8 Å². The van der Waals surface area contributed by atoms with Gasteiger partial charge in [-0.3, -0.25) is 4.79 Å². The summed E-state index contributed by atoms with van der Waals surface area (Å²) in [5, 5.41) is 3.06. The quantitative estimate of drug-likeness (QED) is 0.914. The van der Waals surface area contributed by atoms with Gasteiger partial charge in [-0.05, 0) is 38.9 Å². The van der Waals surface area contributed by atoms with Crippen molar-refractivity contribution in [2.75, 3.05) is 7.05 Å². The van der Waals surface area contributed by atoms with Crippen molar-refractivity contribution in [3.05, 3.63) is 57.4 Å². The van der Waals surface area contributed by atoms with Gasteiger partial charge >= 0.3 is 0 Å². The fourth-order valence-corrected chi connectivity index (χ4v) is 2.73. The molecule has 0 bridgehead atoms. The monoisotopic (exact) mass is 284 g/mol. The first-order valence-electron chi connectivity index (χ1n) is 7.53. The first-order valence-corrected chi connectivity index (χ1v) is 7.53. The van der Waals surface area contributed by atoms with Crippen LogP contribution in [-0.4, -0.2) is 11.6 Å². The van der Waals surface area contributed by atoms with E-state index in [1.807, 2.05) is 17.7 Å². The zero-order valence-corrected chi connectivity index (χ0v) is 13.4. The third kappa shape index (κ3) is 3.24. The Bertz CT molecular complexity index is 686. The number of nitrogens with zero attached hydrogens (tertiary/aromatic N) is 1.